The van der Waals surface area contributed by atoms with E-state index in [1.54, 1.807) is 36.7 Å². The summed E-state index contributed by atoms with van der Waals surface area (Å²) in [5.74, 6) is -0.164. The first-order valence-corrected chi connectivity index (χ1v) is 13.8. The van der Waals surface area contributed by atoms with E-state index >= 15 is 0 Å². The summed E-state index contributed by atoms with van der Waals surface area (Å²) in [7, 11) is 0. The van der Waals surface area contributed by atoms with Crippen LogP contribution in [0.3, 0.4) is 0 Å². The molecule has 1 fully saturated rings. The first-order chi connectivity index (χ1) is 19.1. The summed E-state index contributed by atoms with van der Waals surface area (Å²) in [5.41, 5.74) is 2.50. The third kappa shape index (κ3) is 7.49. The largest absolute Gasteiger partial charge is 0.466 e. The van der Waals surface area contributed by atoms with Crippen molar-refractivity contribution in [2.24, 2.45) is 0 Å². The van der Waals surface area contributed by atoms with Gasteiger partial charge in [0, 0.05) is 51.2 Å². The molecule has 0 spiro atoms. The van der Waals surface area contributed by atoms with Crippen molar-refractivity contribution in [3.05, 3.63) is 89.7 Å². The number of rotatable bonds is 10. The molecule has 0 aliphatic carbocycles. The molecular formula is C32H38F3N3O2. The van der Waals surface area contributed by atoms with Crippen LogP contribution >= 0.6 is 0 Å². The number of benzene rings is 2. The normalized spacial score (nSPS) is 17.1. The number of halogens is 3. The molecular weight excluding hydrogens is 515 g/mol. The van der Waals surface area contributed by atoms with Gasteiger partial charge in [-0.25, -0.2) is 0 Å². The third-order valence-electron chi connectivity index (χ3n) is 7.70. The van der Waals surface area contributed by atoms with Gasteiger partial charge in [-0.1, -0.05) is 55.5 Å². The molecule has 1 saturated heterocycles. The monoisotopic (exact) mass is 553 g/mol. The lowest BCUT2D eigenvalue weighted by Gasteiger charge is -2.41. The van der Waals surface area contributed by atoms with E-state index in [1.165, 1.54) is 19.4 Å². The van der Waals surface area contributed by atoms with E-state index < -0.39 is 11.6 Å². The Bertz CT molecular complexity index is 1230. The Labute approximate surface area is 235 Å². The van der Waals surface area contributed by atoms with Gasteiger partial charge < -0.3 is 4.74 Å². The van der Waals surface area contributed by atoms with Crippen molar-refractivity contribution < 1.29 is 22.7 Å². The first kappa shape index (κ1) is 29.7. The maximum absolute atomic E-state index is 13.4. The summed E-state index contributed by atoms with van der Waals surface area (Å²) in [6, 6.07) is 18.8. The molecule has 1 aromatic heterocycles. The molecule has 2 heterocycles. The number of aromatic nitrogens is 1. The molecule has 1 aliphatic heterocycles. The van der Waals surface area contributed by atoms with Gasteiger partial charge in [0.2, 0.25) is 0 Å². The smallest absolute Gasteiger partial charge is 0.397 e. The van der Waals surface area contributed by atoms with E-state index in [2.05, 4.69) is 26.9 Å². The first-order valence-electron chi connectivity index (χ1n) is 13.8. The molecule has 0 radical (unpaired) electrons. The Kier molecular flexibility index (Phi) is 9.64. The minimum Gasteiger partial charge on any atom is -0.466 e. The van der Waals surface area contributed by atoms with Crippen molar-refractivity contribution in [2.45, 2.75) is 64.3 Å². The molecule has 40 heavy (non-hydrogen) atoms. The predicted molar refractivity (Wildman–Crippen MR) is 151 cm³/mol. The number of esters is 1. The van der Waals surface area contributed by atoms with Gasteiger partial charge in [-0.3, -0.25) is 19.6 Å². The number of carbonyl (C=O) groups is 1. The standard InChI is InChI=1S/C32H38F3N3O2/c1-4-19-40-30(39)20-29-23-37(17-18-38(29)22-25-13-15-36-16-14-25)21-24-5-7-26(8-6-24)27-9-11-28(12-10-27)31(2,3)32(33,34)35/h5-16,29H,4,17-23H2,1-3H3. The highest BCUT2D eigenvalue weighted by atomic mass is 19.4. The highest BCUT2D eigenvalue weighted by Crippen LogP contribution is 2.40. The molecule has 0 bridgehead atoms. The van der Waals surface area contributed by atoms with Gasteiger partial charge in [0.1, 0.15) is 0 Å². The van der Waals surface area contributed by atoms with Crippen LogP contribution in [0.25, 0.3) is 11.1 Å². The molecule has 214 valence electrons. The van der Waals surface area contributed by atoms with Gasteiger partial charge in [-0.05, 0) is 60.2 Å². The number of piperazine rings is 1. The number of hydrogen-bond donors (Lipinski definition) is 0. The van der Waals surface area contributed by atoms with E-state index in [9.17, 15) is 18.0 Å². The molecule has 4 rings (SSSR count). The van der Waals surface area contributed by atoms with E-state index in [4.69, 9.17) is 4.74 Å². The Morgan fingerprint density at radius 2 is 1.50 bits per heavy atom. The Morgan fingerprint density at radius 3 is 2.10 bits per heavy atom. The average Bonchev–Trinajstić information content (AvgIpc) is 2.94. The molecule has 1 atom stereocenters. The lowest BCUT2D eigenvalue weighted by molar-refractivity contribution is -0.180. The Balaban J connectivity index is 1.40. The number of carbonyl (C=O) groups excluding carboxylic acids is 1. The summed E-state index contributed by atoms with van der Waals surface area (Å²) in [6.07, 6.45) is 0.418. The zero-order valence-electron chi connectivity index (χ0n) is 23.5. The van der Waals surface area contributed by atoms with Crippen LogP contribution in [0, 0.1) is 0 Å². The summed E-state index contributed by atoms with van der Waals surface area (Å²) in [5, 5.41) is 0. The van der Waals surface area contributed by atoms with Crippen molar-refractivity contribution in [1.29, 1.82) is 0 Å². The van der Waals surface area contributed by atoms with Gasteiger partial charge in [-0.15, -0.1) is 0 Å². The fraction of sp³-hybridized carbons (Fsp3) is 0.438. The lowest BCUT2D eigenvalue weighted by atomic mass is 9.83. The van der Waals surface area contributed by atoms with Gasteiger partial charge >= 0.3 is 12.1 Å². The van der Waals surface area contributed by atoms with Crippen LogP contribution in [0.4, 0.5) is 13.2 Å². The van der Waals surface area contributed by atoms with Crippen LogP contribution in [-0.4, -0.2) is 59.2 Å². The molecule has 0 amide bonds. The highest BCUT2D eigenvalue weighted by Gasteiger charge is 2.48. The Morgan fingerprint density at radius 1 is 0.900 bits per heavy atom. The Hall–Kier alpha value is -3.23. The van der Waals surface area contributed by atoms with Crippen LogP contribution in [0.1, 0.15) is 50.3 Å². The number of nitrogens with zero attached hydrogens (tertiary/aromatic N) is 3. The number of pyridine rings is 1. The zero-order chi connectivity index (χ0) is 28.8. The van der Waals surface area contributed by atoms with E-state index in [1.807, 2.05) is 31.2 Å². The molecule has 2 aromatic carbocycles. The number of hydrogen-bond acceptors (Lipinski definition) is 5. The lowest BCUT2D eigenvalue weighted by Crippen LogP contribution is -2.53. The molecule has 1 unspecified atom stereocenters. The van der Waals surface area contributed by atoms with Crippen LogP contribution in [0.2, 0.25) is 0 Å². The second kappa shape index (κ2) is 13.0. The van der Waals surface area contributed by atoms with Crippen molar-refractivity contribution in [1.82, 2.24) is 14.8 Å². The van der Waals surface area contributed by atoms with Crippen LogP contribution < -0.4 is 0 Å². The number of alkyl halides is 3. The highest BCUT2D eigenvalue weighted by molar-refractivity contribution is 5.70. The number of ether oxygens (including phenoxy) is 1. The van der Waals surface area contributed by atoms with Crippen LogP contribution in [0.15, 0.2) is 73.1 Å². The minimum absolute atomic E-state index is 0.0463. The third-order valence-corrected chi connectivity index (χ3v) is 7.70. The maximum Gasteiger partial charge on any atom is 0.397 e. The van der Waals surface area contributed by atoms with E-state index in [0.29, 0.717) is 13.0 Å². The second-order valence-electron chi connectivity index (χ2n) is 11.0. The van der Waals surface area contributed by atoms with Crippen molar-refractivity contribution in [3.63, 3.8) is 0 Å². The van der Waals surface area contributed by atoms with Crippen molar-refractivity contribution in [2.75, 3.05) is 26.2 Å². The average molecular weight is 554 g/mol. The summed E-state index contributed by atoms with van der Waals surface area (Å²) >= 11 is 0. The second-order valence-corrected chi connectivity index (χ2v) is 11.0. The van der Waals surface area contributed by atoms with Gasteiger partial charge in [0.05, 0.1) is 18.4 Å². The summed E-state index contributed by atoms with van der Waals surface area (Å²) < 4.78 is 45.6. The summed E-state index contributed by atoms with van der Waals surface area (Å²) in [6.45, 7) is 8.82. The maximum atomic E-state index is 13.4. The summed E-state index contributed by atoms with van der Waals surface area (Å²) in [4.78, 5) is 21.3. The zero-order valence-corrected chi connectivity index (χ0v) is 23.5. The minimum atomic E-state index is -4.31. The molecule has 3 aromatic rings. The topological polar surface area (TPSA) is 45.7 Å². The fourth-order valence-corrected chi connectivity index (χ4v) is 5.00. The molecule has 8 heteroatoms. The van der Waals surface area contributed by atoms with Gasteiger partial charge in [0.15, 0.2) is 0 Å². The molecule has 1 aliphatic rings. The van der Waals surface area contributed by atoms with Crippen LogP contribution in [-0.2, 0) is 28.0 Å². The van der Waals surface area contributed by atoms with E-state index in [0.717, 1.165) is 55.8 Å². The predicted octanol–water partition coefficient (Wildman–Crippen LogP) is 6.62. The van der Waals surface area contributed by atoms with E-state index in [-0.39, 0.29) is 17.6 Å². The van der Waals surface area contributed by atoms with Gasteiger partial charge in [0.25, 0.3) is 0 Å². The molecule has 0 N–H and O–H groups in total. The van der Waals surface area contributed by atoms with Crippen molar-refractivity contribution >= 4 is 5.97 Å². The molecule has 0 saturated carbocycles. The van der Waals surface area contributed by atoms with Gasteiger partial charge in [-0.2, -0.15) is 13.2 Å². The fourth-order valence-electron chi connectivity index (χ4n) is 5.00. The quantitative estimate of drug-likeness (QED) is 0.264. The van der Waals surface area contributed by atoms with Crippen LogP contribution in [0.5, 0.6) is 0 Å². The SMILES string of the molecule is CCCOC(=O)CC1CN(Cc2ccc(-c3ccc(C(C)(C)C(F)(F)F)cc3)cc2)CCN1Cc1ccncc1. The van der Waals surface area contributed by atoms with Crippen molar-refractivity contribution in [3.8, 4) is 11.1 Å². The molecule has 5 nitrogen and oxygen atoms in total.